The lowest BCUT2D eigenvalue weighted by molar-refractivity contribution is -0.150. The number of aromatic nitrogens is 6. The Balaban J connectivity index is 0.000000241. The van der Waals surface area contributed by atoms with Crippen LogP contribution in [0.4, 0.5) is 4.79 Å². The third-order valence-corrected chi connectivity index (χ3v) is 12.5. The van der Waals surface area contributed by atoms with Gasteiger partial charge in [0.05, 0.1) is 42.4 Å². The van der Waals surface area contributed by atoms with E-state index in [2.05, 4.69) is 30.9 Å². The number of imidazole rings is 1. The van der Waals surface area contributed by atoms with Gasteiger partial charge < -0.3 is 33.7 Å². The highest BCUT2D eigenvalue weighted by molar-refractivity contribution is 6.02. The first-order valence-corrected chi connectivity index (χ1v) is 24.6. The van der Waals surface area contributed by atoms with E-state index >= 15 is 0 Å². The number of rotatable bonds is 19. The summed E-state index contributed by atoms with van der Waals surface area (Å²) in [5.74, 6) is -1.75. The fourth-order valence-electron chi connectivity index (χ4n) is 9.00. The van der Waals surface area contributed by atoms with Crippen molar-refractivity contribution in [2.75, 3.05) is 19.8 Å². The Morgan fingerprint density at radius 2 is 1.54 bits per heavy atom. The number of carbonyl (C=O) groups is 5. The number of hydrogen-bond acceptors (Lipinski definition) is 15. The third kappa shape index (κ3) is 13.6. The lowest BCUT2D eigenvalue weighted by Gasteiger charge is -2.27. The third-order valence-electron chi connectivity index (χ3n) is 12.5. The fourth-order valence-corrected chi connectivity index (χ4v) is 9.00. The molecular weight excluding hydrogens is 925 g/mol. The van der Waals surface area contributed by atoms with Gasteiger partial charge in [0.15, 0.2) is 5.82 Å². The van der Waals surface area contributed by atoms with Crippen molar-refractivity contribution in [1.82, 2.24) is 40.4 Å². The number of tetrazole rings is 1. The Kier molecular flexibility index (Phi) is 18.4. The first-order chi connectivity index (χ1) is 34.9. The van der Waals surface area contributed by atoms with E-state index < -0.39 is 48.5 Å². The number of hydrogen-bond donors (Lipinski definition) is 3. The summed E-state index contributed by atoms with van der Waals surface area (Å²) in [5, 5.41) is 26.6. The van der Waals surface area contributed by atoms with Gasteiger partial charge in [-0.2, -0.15) is 4.98 Å². The van der Waals surface area contributed by atoms with Gasteiger partial charge in [-0.1, -0.05) is 91.3 Å². The Labute approximate surface area is 417 Å². The van der Waals surface area contributed by atoms with Gasteiger partial charge in [-0.25, -0.2) is 19.5 Å². The number of carboxylic acid groups (broad SMARTS) is 1. The molecule has 2 aliphatic rings. The molecule has 1 saturated heterocycles. The van der Waals surface area contributed by atoms with E-state index in [0.29, 0.717) is 68.2 Å². The monoisotopic (exact) mass is 986 g/mol. The minimum absolute atomic E-state index is 0.163. The molecule has 2 aromatic heterocycles. The zero-order chi connectivity index (χ0) is 51.0. The molecule has 2 fully saturated rings. The Bertz CT molecular complexity index is 2740. The number of esters is 2. The highest BCUT2D eigenvalue weighted by Gasteiger charge is 2.37. The van der Waals surface area contributed by atoms with Crippen LogP contribution < -0.4 is 10.1 Å². The summed E-state index contributed by atoms with van der Waals surface area (Å²) in [7, 11) is 0. The van der Waals surface area contributed by atoms with Gasteiger partial charge in [-0.05, 0) is 117 Å². The molecule has 1 aliphatic carbocycles. The zero-order valence-corrected chi connectivity index (χ0v) is 41.0. The number of fused-ring (bicyclic) bond motifs is 1. The van der Waals surface area contributed by atoms with Crippen LogP contribution in [0.3, 0.4) is 0 Å². The number of likely N-dealkylation sites (tertiary alicyclic amines) is 1. The molecule has 3 heterocycles. The van der Waals surface area contributed by atoms with Gasteiger partial charge in [0.1, 0.15) is 18.2 Å². The number of para-hydroxylation sites is 1. The average molecular weight is 987 g/mol. The van der Waals surface area contributed by atoms with Crippen molar-refractivity contribution in [3.05, 3.63) is 114 Å². The summed E-state index contributed by atoms with van der Waals surface area (Å²) < 4.78 is 29.0. The van der Waals surface area contributed by atoms with E-state index in [4.69, 9.17) is 23.7 Å². The maximum absolute atomic E-state index is 13.4. The van der Waals surface area contributed by atoms with E-state index in [1.54, 1.807) is 26.0 Å². The molecular formula is C53H62N8O11. The fraction of sp³-hybridized carbons (Fsp3) is 0.415. The molecule has 1 aliphatic heterocycles. The number of benzene rings is 4. The van der Waals surface area contributed by atoms with Gasteiger partial charge in [0.2, 0.25) is 12.2 Å². The molecule has 19 nitrogen and oxygen atoms in total. The Morgan fingerprint density at radius 3 is 2.24 bits per heavy atom. The summed E-state index contributed by atoms with van der Waals surface area (Å²) in [4.78, 5) is 68.1. The molecule has 8 rings (SSSR count). The predicted octanol–water partition coefficient (Wildman–Crippen LogP) is 7.92. The second kappa shape index (κ2) is 25.4. The quantitative estimate of drug-likeness (QED) is 0.0397. The van der Waals surface area contributed by atoms with Crippen LogP contribution in [-0.2, 0) is 46.3 Å². The van der Waals surface area contributed by atoms with Crippen molar-refractivity contribution >= 4 is 41.0 Å². The van der Waals surface area contributed by atoms with Crippen LogP contribution in [0.25, 0.3) is 33.5 Å². The maximum Gasteiger partial charge on any atom is 0.511 e. The van der Waals surface area contributed by atoms with Crippen LogP contribution in [0, 0.1) is 0 Å². The number of aliphatic carboxylic acids is 1. The average Bonchev–Trinajstić information content (AvgIpc) is 4.18. The second-order valence-electron chi connectivity index (χ2n) is 17.5. The number of aromatic amines is 1. The van der Waals surface area contributed by atoms with Crippen molar-refractivity contribution in [3.63, 3.8) is 0 Å². The number of aryl methyl sites for hydroxylation is 1. The summed E-state index contributed by atoms with van der Waals surface area (Å²) in [5.41, 5.74) is 6.31. The Hall–Kier alpha value is -7.67. The van der Waals surface area contributed by atoms with E-state index in [9.17, 15) is 29.1 Å². The smallest absolute Gasteiger partial charge is 0.480 e. The number of nitrogens with zero attached hydrogens (tertiary/aromatic N) is 6. The lowest BCUT2D eigenvalue weighted by Crippen LogP contribution is -2.53. The minimum Gasteiger partial charge on any atom is -0.480 e. The first-order valence-electron chi connectivity index (χ1n) is 24.6. The molecule has 72 heavy (non-hydrogen) atoms. The van der Waals surface area contributed by atoms with Crippen LogP contribution in [-0.4, -0.2) is 120 Å². The molecule has 0 bridgehead atoms. The maximum atomic E-state index is 13.4. The van der Waals surface area contributed by atoms with Crippen LogP contribution in [0.2, 0.25) is 0 Å². The van der Waals surface area contributed by atoms with E-state index in [-0.39, 0.29) is 24.2 Å². The van der Waals surface area contributed by atoms with E-state index in [1.165, 1.54) is 11.8 Å². The van der Waals surface area contributed by atoms with Crippen LogP contribution in [0.1, 0.15) is 101 Å². The molecule has 4 atom stereocenters. The van der Waals surface area contributed by atoms with Crippen molar-refractivity contribution < 1.29 is 52.8 Å². The number of ether oxygens (including phenoxy) is 5. The van der Waals surface area contributed by atoms with Gasteiger partial charge in [0.25, 0.3) is 6.01 Å². The van der Waals surface area contributed by atoms with Crippen molar-refractivity contribution in [1.29, 1.82) is 0 Å². The summed E-state index contributed by atoms with van der Waals surface area (Å²) >= 11 is 0. The van der Waals surface area contributed by atoms with Crippen LogP contribution in [0.5, 0.6) is 6.01 Å². The largest absolute Gasteiger partial charge is 0.511 e. The van der Waals surface area contributed by atoms with Gasteiger partial charge in [-0.15, -0.1) is 5.10 Å². The van der Waals surface area contributed by atoms with Gasteiger partial charge in [-0.3, -0.25) is 19.5 Å². The Morgan fingerprint density at radius 1 is 0.806 bits per heavy atom. The van der Waals surface area contributed by atoms with Crippen LogP contribution in [0.15, 0.2) is 97.1 Å². The van der Waals surface area contributed by atoms with Gasteiger partial charge in [0, 0.05) is 19.0 Å². The first kappa shape index (κ1) is 52.2. The highest BCUT2D eigenvalue weighted by atomic mass is 16.8. The lowest BCUT2D eigenvalue weighted by atomic mass is 9.98. The molecule has 0 radical (unpaired) electrons. The van der Waals surface area contributed by atoms with Crippen molar-refractivity contribution in [3.8, 4) is 28.5 Å². The number of nitrogens with one attached hydrogen (secondary N) is 2. The normalized spacial score (nSPS) is 15.9. The molecule has 1 saturated carbocycles. The standard InChI is InChI=1S/C33H34N6O6.C20H28N2O5/c1-3-42-32-34-28-15-9-14-27(31(40)43-21(2)44-33(41)45-24-10-5-4-6-11-24)29(28)39(32)20-22-16-18-23(19-17-22)25-12-7-8-13-26(25)30-35-37-38-36-30;1-3-27-20(26)16(12-11-15-8-5-4-6-9-15)21-14(2)18(23)22-13-7-10-17(22)19(24)25/h7-9,12-19,21,24H,3-6,10-11,20H2,1-2H3,(H,35,36,37,38);4-6,8-9,14,16-17,21H,3,7,10-13H2,1-2H3,(H,24,25)/t;14-,16-,17-/m.0/s1. The molecule has 1 unspecified atom stereocenters. The minimum atomic E-state index is -1.14. The molecule has 380 valence electrons. The number of carbonyl (C=O) groups excluding carboxylic acids is 4. The molecule has 0 spiro atoms. The SMILES string of the molecule is CCOC(=O)[C@H](CCc1ccccc1)N[C@@H](C)C(=O)N1CCC[C@H]1C(=O)O.CCOc1nc2cccc(C(=O)OC(C)OC(=O)OC3CCCCC3)c2n1Cc1ccc(-c2ccccc2-c2nnn[nH]2)cc1. The molecule has 6 aromatic rings. The molecule has 1 amide bonds. The summed E-state index contributed by atoms with van der Waals surface area (Å²) in [6.07, 6.45) is 4.94. The van der Waals surface area contributed by atoms with Crippen molar-refractivity contribution in [2.45, 2.75) is 123 Å². The van der Waals surface area contributed by atoms with E-state index in [1.807, 2.05) is 96.4 Å². The summed E-state index contributed by atoms with van der Waals surface area (Å²) in [6, 6.07) is 29.2. The topological polar surface area (TPSA) is 239 Å². The molecule has 3 N–H and O–H groups in total. The number of carboxylic acids is 1. The second-order valence-corrected chi connectivity index (χ2v) is 17.5. The number of amides is 1. The molecule has 19 heteroatoms. The van der Waals surface area contributed by atoms with E-state index in [0.717, 1.165) is 59.9 Å². The summed E-state index contributed by atoms with van der Waals surface area (Å²) in [6.45, 7) is 8.22. The van der Waals surface area contributed by atoms with Gasteiger partial charge >= 0.3 is 24.1 Å². The van der Waals surface area contributed by atoms with Crippen molar-refractivity contribution in [2.24, 2.45) is 0 Å². The predicted molar refractivity (Wildman–Crippen MR) is 265 cm³/mol. The highest BCUT2D eigenvalue weighted by Crippen LogP contribution is 2.32. The number of H-pyrrole nitrogens is 1. The molecule has 4 aromatic carbocycles. The van der Waals surface area contributed by atoms with Crippen LogP contribution >= 0.6 is 0 Å². The zero-order valence-electron chi connectivity index (χ0n) is 41.0.